The minimum absolute atomic E-state index is 0.806. The highest BCUT2D eigenvalue weighted by Crippen LogP contribution is 2.23. The molecule has 94 valence electrons. The van der Waals surface area contributed by atoms with Crippen molar-refractivity contribution in [2.24, 2.45) is 0 Å². The average Bonchev–Trinajstić information content (AvgIpc) is 2.37. The molecule has 2 nitrogen and oxygen atoms in total. The van der Waals surface area contributed by atoms with E-state index in [9.17, 15) is 0 Å². The first-order valence-electron chi connectivity index (χ1n) is 5.96. The smallest absolute Gasteiger partial charge is 0.0347 e. The Morgan fingerprint density at radius 2 is 1.83 bits per heavy atom. The van der Waals surface area contributed by atoms with Crippen LogP contribution in [-0.4, -0.2) is 0 Å². The Hall–Kier alpha value is -1.32. The predicted molar refractivity (Wildman–Crippen MR) is 80.3 cm³/mol. The number of nitrogens with one attached hydrogen (secondary N) is 1. The molecule has 0 unspecified atom stereocenters. The maximum absolute atomic E-state index is 5.92. The van der Waals surface area contributed by atoms with Gasteiger partial charge in [-0.3, -0.25) is 0 Å². The van der Waals surface area contributed by atoms with E-state index in [-0.39, 0.29) is 0 Å². The molecule has 0 aliphatic carbocycles. The van der Waals surface area contributed by atoms with Gasteiger partial charge in [-0.15, -0.1) is 0 Å². The van der Waals surface area contributed by atoms with E-state index in [4.69, 9.17) is 5.73 Å². The first-order valence-corrected chi connectivity index (χ1v) is 6.75. The number of halogens is 1. The lowest BCUT2D eigenvalue weighted by atomic mass is 10.1. The molecule has 0 saturated heterocycles. The molecule has 0 radical (unpaired) electrons. The van der Waals surface area contributed by atoms with Crippen LogP contribution in [0.2, 0.25) is 0 Å². The zero-order chi connectivity index (χ0) is 13.0. The molecule has 0 saturated carbocycles. The molecule has 0 aliphatic rings. The summed E-state index contributed by atoms with van der Waals surface area (Å²) in [5.74, 6) is 0. The monoisotopic (exact) mass is 304 g/mol. The second kappa shape index (κ2) is 6.03. The summed E-state index contributed by atoms with van der Waals surface area (Å²) in [6.07, 6.45) is 0. The Labute approximate surface area is 116 Å². The number of rotatable bonds is 4. The zero-order valence-corrected chi connectivity index (χ0v) is 12.0. The van der Waals surface area contributed by atoms with Gasteiger partial charge in [0.15, 0.2) is 0 Å². The fourth-order valence-corrected chi connectivity index (χ4v) is 2.41. The minimum Gasteiger partial charge on any atom is -0.399 e. The topological polar surface area (TPSA) is 38.0 Å². The Morgan fingerprint density at radius 1 is 1.11 bits per heavy atom. The number of nitrogens with two attached hydrogens (primary N) is 1. The lowest BCUT2D eigenvalue weighted by Crippen LogP contribution is -2.13. The van der Waals surface area contributed by atoms with Crippen molar-refractivity contribution >= 4 is 21.6 Å². The van der Waals surface area contributed by atoms with Gasteiger partial charge in [-0.25, -0.2) is 0 Å². The number of nitrogen functional groups attached to an aromatic ring is 1. The maximum atomic E-state index is 5.92. The SMILES string of the molecule is Cc1cc(Br)c(CNCc2ccccc2)cc1N. The first kappa shape index (κ1) is 13.1. The third kappa shape index (κ3) is 3.34. The molecule has 0 heterocycles. The number of anilines is 1. The van der Waals surface area contributed by atoms with Crippen LogP contribution in [0, 0.1) is 6.92 Å². The average molecular weight is 305 g/mol. The highest BCUT2D eigenvalue weighted by molar-refractivity contribution is 9.10. The summed E-state index contributed by atoms with van der Waals surface area (Å²) < 4.78 is 1.11. The van der Waals surface area contributed by atoms with Crippen LogP contribution in [0.3, 0.4) is 0 Å². The molecule has 3 N–H and O–H groups in total. The molecule has 0 atom stereocenters. The van der Waals surface area contributed by atoms with E-state index >= 15 is 0 Å². The van der Waals surface area contributed by atoms with E-state index in [0.29, 0.717) is 0 Å². The molecule has 2 aromatic rings. The van der Waals surface area contributed by atoms with E-state index < -0.39 is 0 Å². The summed E-state index contributed by atoms with van der Waals surface area (Å²) in [5.41, 5.74) is 10.3. The van der Waals surface area contributed by atoms with Crippen molar-refractivity contribution < 1.29 is 0 Å². The third-order valence-corrected chi connectivity index (χ3v) is 3.66. The molecule has 0 aliphatic heterocycles. The summed E-state index contributed by atoms with van der Waals surface area (Å²) in [4.78, 5) is 0. The van der Waals surface area contributed by atoms with E-state index in [1.807, 2.05) is 19.1 Å². The zero-order valence-electron chi connectivity index (χ0n) is 10.4. The fourth-order valence-electron chi connectivity index (χ4n) is 1.81. The van der Waals surface area contributed by atoms with Gasteiger partial charge in [-0.1, -0.05) is 46.3 Å². The van der Waals surface area contributed by atoms with Crippen LogP contribution in [-0.2, 0) is 13.1 Å². The molecule has 2 rings (SSSR count). The van der Waals surface area contributed by atoms with Gasteiger partial charge in [0.25, 0.3) is 0 Å². The molecule has 0 bridgehead atoms. The van der Waals surface area contributed by atoms with Gasteiger partial charge >= 0.3 is 0 Å². The standard InChI is InChI=1S/C15H17BrN2/c1-11-7-14(16)13(8-15(11)17)10-18-9-12-5-3-2-4-6-12/h2-8,18H,9-10,17H2,1H3. The van der Waals surface area contributed by atoms with Crippen molar-refractivity contribution in [1.29, 1.82) is 0 Å². The second-order valence-electron chi connectivity index (χ2n) is 4.39. The van der Waals surface area contributed by atoms with Crippen molar-refractivity contribution in [2.45, 2.75) is 20.0 Å². The molecule has 3 heteroatoms. The van der Waals surface area contributed by atoms with Crippen molar-refractivity contribution in [1.82, 2.24) is 5.32 Å². The number of benzene rings is 2. The lowest BCUT2D eigenvalue weighted by Gasteiger charge is -2.10. The highest BCUT2D eigenvalue weighted by Gasteiger charge is 2.03. The van der Waals surface area contributed by atoms with Gasteiger partial charge in [0.1, 0.15) is 0 Å². The quantitative estimate of drug-likeness (QED) is 0.847. The van der Waals surface area contributed by atoms with Crippen molar-refractivity contribution in [2.75, 3.05) is 5.73 Å². The third-order valence-electron chi connectivity index (χ3n) is 2.92. The molecule has 0 fully saturated rings. The Morgan fingerprint density at radius 3 is 2.56 bits per heavy atom. The van der Waals surface area contributed by atoms with Gasteiger partial charge in [0.2, 0.25) is 0 Å². The van der Waals surface area contributed by atoms with Crippen LogP contribution in [0.1, 0.15) is 16.7 Å². The largest absolute Gasteiger partial charge is 0.399 e. The summed E-state index contributed by atoms with van der Waals surface area (Å²) in [6, 6.07) is 14.5. The van der Waals surface area contributed by atoms with E-state index in [0.717, 1.165) is 28.8 Å². The van der Waals surface area contributed by atoms with Crippen LogP contribution >= 0.6 is 15.9 Å². The predicted octanol–water partition coefficient (Wildman–Crippen LogP) is 3.63. The molecule has 0 amide bonds. The molecule has 0 aromatic heterocycles. The van der Waals surface area contributed by atoms with Crippen LogP contribution in [0.5, 0.6) is 0 Å². The van der Waals surface area contributed by atoms with Gasteiger partial charge in [0, 0.05) is 23.2 Å². The highest BCUT2D eigenvalue weighted by atomic mass is 79.9. The number of hydrogen-bond donors (Lipinski definition) is 2. The van der Waals surface area contributed by atoms with Gasteiger partial charge in [0.05, 0.1) is 0 Å². The van der Waals surface area contributed by atoms with E-state index in [1.165, 1.54) is 11.1 Å². The van der Waals surface area contributed by atoms with Gasteiger partial charge < -0.3 is 11.1 Å². The molecular weight excluding hydrogens is 288 g/mol. The minimum atomic E-state index is 0.806. The van der Waals surface area contributed by atoms with E-state index in [2.05, 4.69) is 51.6 Å². The van der Waals surface area contributed by atoms with E-state index in [1.54, 1.807) is 0 Å². The summed E-state index contributed by atoms with van der Waals surface area (Å²) in [6.45, 7) is 3.68. The summed E-state index contributed by atoms with van der Waals surface area (Å²) in [5, 5.41) is 3.42. The molecular formula is C15H17BrN2. The van der Waals surface area contributed by atoms with Crippen LogP contribution in [0.4, 0.5) is 5.69 Å². The Balaban J connectivity index is 1.97. The Kier molecular flexibility index (Phi) is 4.39. The first-order chi connectivity index (χ1) is 8.66. The number of aryl methyl sites for hydroxylation is 1. The maximum Gasteiger partial charge on any atom is 0.0347 e. The fraction of sp³-hybridized carbons (Fsp3) is 0.200. The lowest BCUT2D eigenvalue weighted by molar-refractivity contribution is 0.691. The summed E-state index contributed by atoms with van der Waals surface area (Å²) >= 11 is 3.57. The second-order valence-corrected chi connectivity index (χ2v) is 5.24. The van der Waals surface area contributed by atoms with Crippen LogP contribution in [0.25, 0.3) is 0 Å². The van der Waals surface area contributed by atoms with Crippen LogP contribution in [0.15, 0.2) is 46.9 Å². The van der Waals surface area contributed by atoms with Crippen molar-refractivity contribution in [3.63, 3.8) is 0 Å². The van der Waals surface area contributed by atoms with Crippen LogP contribution < -0.4 is 11.1 Å². The van der Waals surface area contributed by atoms with Gasteiger partial charge in [-0.2, -0.15) is 0 Å². The Bertz CT molecular complexity index is 524. The normalized spacial score (nSPS) is 10.6. The molecule has 0 spiro atoms. The molecule has 2 aromatic carbocycles. The van der Waals surface area contributed by atoms with Gasteiger partial charge in [-0.05, 0) is 35.7 Å². The summed E-state index contributed by atoms with van der Waals surface area (Å²) in [7, 11) is 0. The number of hydrogen-bond acceptors (Lipinski definition) is 2. The van der Waals surface area contributed by atoms with Crippen molar-refractivity contribution in [3.8, 4) is 0 Å². The van der Waals surface area contributed by atoms with Crippen molar-refractivity contribution in [3.05, 3.63) is 63.6 Å². The molecule has 18 heavy (non-hydrogen) atoms.